The van der Waals surface area contributed by atoms with E-state index in [1.165, 1.54) is 16.3 Å². The van der Waals surface area contributed by atoms with Gasteiger partial charge in [-0.05, 0) is 9.39 Å². The van der Waals surface area contributed by atoms with Crippen LogP contribution in [-0.2, 0) is 22.7 Å². The van der Waals surface area contributed by atoms with Crippen molar-refractivity contribution in [1.82, 2.24) is 19.7 Å². The molecule has 1 heterocycles. The van der Waals surface area contributed by atoms with E-state index >= 15 is 0 Å². The minimum Gasteiger partial charge on any atom is -0.480 e. The molecule has 2 atom stereocenters. The Kier molecular flexibility index (Phi) is 4.53. The van der Waals surface area contributed by atoms with Crippen molar-refractivity contribution in [3.05, 3.63) is 11.9 Å². The first-order valence-electron chi connectivity index (χ1n) is 4.80. The van der Waals surface area contributed by atoms with Crippen LogP contribution in [0.25, 0.3) is 0 Å². The molecule has 9 heteroatoms. The molecule has 0 spiro atoms. The predicted octanol–water partition coefficient (Wildman–Crippen LogP) is -1.17. The summed E-state index contributed by atoms with van der Waals surface area (Å²) in [4.78, 5) is 21.5. The Morgan fingerprint density at radius 1 is 1.71 bits per heavy atom. The van der Waals surface area contributed by atoms with Crippen LogP contribution in [0.3, 0.4) is 0 Å². The third kappa shape index (κ3) is 4.08. The Morgan fingerprint density at radius 2 is 2.35 bits per heavy atom. The van der Waals surface area contributed by atoms with Crippen LogP contribution < -0.4 is 5.73 Å². The van der Waals surface area contributed by atoms with Gasteiger partial charge >= 0.3 is 5.97 Å². The van der Waals surface area contributed by atoms with Gasteiger partial charge < -0.3 is 15.5 Å². The molecule has 0 saturated heterocycles. The molecule has 0 aliphatic carbocycles. The molecule has 0 bridgehead atoms. The van der Waals surface area contributed by atoms with Crippen molar-refractivity contribution in [3.63, 3.8) is 0 Å². The summed E-state index contributed by atoms with van der Waals surface area (Å²) in [7, 11) is 2.27. The van der Waals surface area contributed by atoms with E-state index in [2.05, 4.69) is 19.7 Å². The van der Waals surface area contributed by atoms with Crippen LogP contribution in [-0.4, -0.2) is 42.7 Å². The summed E-state index contributed by atoms with van der Waals surface area (Å²) in [6.07, 6.45) is 1.56. The molecule has 0 aliphatic rings. The topological polar surface area (TPSA) is 114 Å². The number of hydrogen-bond donors (Lipinski definition) is 2. The van der Waals surface area contributed by atoms with E-state index in [1.54, 1.807) is 6.20 Å². The number of nitrogens with two attached hydrogens (primary N) is 1. The van der Waals surface area contributed by atoms with Gasteiger partial charge in [0.25, 0.3) is 0 Å². The minimum atomic E-state index is -1.10. The van der Waals surface area contributed by atoms with Crippen LogP contribution >= 0.6 is 9.39 Å². The van der Waals surface area contributed by atoms with Crippen molar-refractivity contribution in [2.45, 2.75) is 26.1 Å². The Labute approximate surface area is 100 Å². The van der Waals surface area contributed by atoms with Crippen molar-refractivity contribution in [2.24, 2.45) is 5.73 Å². The zero-order chi connectivity index (χ0) is 13.0. The molecule has 3 N–H and O–H groups in total. The number of carboxylic acid groups (broad SMARTS) is 1. The fraction of sp³-hybridized carbons (Fsp3) is 0.500. The van der Waals surface area contributed by atoms with Gasteiger partial charge in [-0.15, -0.1) is 5.10 Å². The van der Waals surface area contributed by atoms with E-state index in [9.17, 15) is 9.59 Å². The van der Waals surface area contributed by atoms with E-state index < -0.39 is 12.0 Å². The van der Waals surface area contributed by atoms with Gasteiger partial charge in [0.05, 0.1) is 19.3 Å². The average molecular weight is 259 g/mol. The zero-order valence-corrected chi connectivity index (χ0v) is 10.4. The standard InChI is InChI=1S/C8H14N5O3P/c1-5(14)13(17)3-6-2-12(11-10-6)4-7(9)8(15)16/h2,7H,3-4,9,17H2,1H3,(H,15,16). The lowest BCUT2D eigenvalue weighted by Gasteiger charge is -2.11. The molecule has 1 aromatic rings. The van der Waals surface area contributed by atoms with Gasteiger partial charge in [0.1, 0.15) is 11.7 Å². The van der Waals surface area contributed by atoms with Crippen molar-refractivity contribution in [2.75, 3.05) is 0 Å². The highest BCUT2D eigenvalue weighted by atomic mass is 31.0. The summed E-state index contributed by atoms with van der Waals surface area (Å²) in [6.45, 7) is 1.76. The number of hydrogen-bond acceptors (Lipinski definition) is 5. The highest BCUT2D eigenvalue weighted by Crippen LogP contribution is 2.06. The minimum absolute atomic E-state index is 0.0409. The van der Waals surface area contributed by atoms with E-state index in [-0.39, 0.29) is 12.5 Å². The molecule has 0 radical (unpaired) electrons. The lowest BCUT2D eigenvalue weighted by molar-refractivity contribution is -0.138. The maximum absolute atomic E-state index is 11.0. The van der Waals surface area contributed by atoms with Gasteiger partial charge in [0, 0.05) is 6.92 Å². The Bertz CT molecular complexity index is 385. The Hall–Kier alpha value is -1.53. The van der Waals surface area contributed by atoms with E-state index in [0.29, 0.717) is 12.2 Å². The van der Waals surface area contributed by atoms with Crippen LogP contribution in [0.15, 0.2) is 6.20 Å². The molecule has 1 rings (SSSR count). The van der Waals surface area contributed by atoms with Gasteiger partial charge in [0.15, 0.2) is 0 Å². The molecule has 1 amide bonds. The average Bonchev–Trinajstić information content (AvgIpc) is 2.65. The van der Waals surface area contributed by atoms with Gasteiger partial charge in [0.2, 0.25) is 5.91 Å². The van der Waals surface area contributed by atoms with Crippen molar-refractivity contribution in [1.29, 1.82) is 0 Å². The molecule has 0 saturated carbocycles. The summed E-state index contributed by atoms with van der Waals surface area (Å²) >= 11 is 0. The fourth-order valence-corrected chi connectivity index (χ4v) is 1.25. The van der Waals surface area contributed by atoms with Crippen LogP contribution in [0.5, 0.6) is 0 Å². The Balaban J connectivity index is 2.59. The molecule has 0 fully saturated rings. The maximum Gasteiger partial charge on any atom is 0.322 e. The second-order valence-electron chi connectivity index (χ2n) is 3.52. The second-order valence-corrected chi connectivity index (χ2v) is 4.15. The normalized spacial score (nSPS) is 12.2. The van der Waals surface area contributed by atoms with Gasteiger partial charge in [-0.1, -0.05) is 5.21 Å². The van der Waals surface area contributed by atoms with Crippen molar-refractivity contribution < 1.29 is 14.7 Å². The lowest BCUT2D eigenvalue weighted by Crippen LogP contribution is -2.34. The molecular formula is C8H14N5O3P. The quantitative estimate of drug-likeness (QED) is 0.644. The van der Waals surface area contributed by atoms with Gasteiger partial charge in [-0.2, -0.15) is 0 Å². The zero-order valence-electron chi connectivity index (χ0n) is 9.28. The first-order valence-corrected chi connectivity index (χ1v) is 5.32. The Morgan fingerprint density at radius 3 is 2.88 bits per heavy atom. The number of rotatable bonds is 5. The summed E-state index contributed by atoms with van der Waals surface area (Å²) in [5.41, 5.74) is 5.91. The molecule has 94 valence electrons. The van der Waals surface area contributed by atoms with Crippen LogP contribution in [0.1, 0.15) is 12.6 Å². The molecule has 0 aliphatic heterocycles. The largest absolute Gasteiger partial charge is 0.480 e. The summed E-state index contributed by atoms with van der Waals surface area (Å²) in [5, 5.41) is 16.2. The highest BCUT2D eigenvalue weighted by Gasteiger charge is 2.14. The molecule has 17 heavy (non-hydrogen) atoms. The van der Waals surface area contributed by atoms with Crippen LogP contribution in [0, 0.1) is 0 Å². The lowest BCUT2D eigenvalue weighted by atomic mass is 10.3. The summed E-state index contributed by atoms with van der Waals surface area (Å²) < 4.78 is 2.73. The van der Waals surface area contributed by atoms with Crippen LogP contribution in [0.4, 0.5) is 0 Å². The third-order valence-electron chi connectivity index (χ3n) is 2.02. The van der Waals surface area contributed by atoms with Gasteiger partial charge in [-0.3, -0.25) is 14.3 Å². The van der Waals surface area contributed by atoms with Crippen LogP contribution in [0.2, 0.25) is 0 Å². The first-order chi connectivity index (χ1) is 7.90. The maximum atomic E-state index is 11.0. The smallest absolute Gasteiger partial charge is 0.322 e. The SMILES string of the molecule is CC(=O)N(P)Cc1cn(CC(N)C(=O)O)nn1. The van der Waals surface area contributed by atoms with Crippen molar-refractivity contribution in [3.8, 4) is 0 Å². The van der Waals surface area contributed by atoms with Crippen molar-refractivity contribution >= 4 is 21.3 Å². The number of amides is 1. The fourth-order valence-electron chi connectivity index (χ4n) is 1.07. The third-order valence-corrected chi connectivity index (χ3v) is 2.57. The molecule has 0 aromatic carbocycles. The molecule has 8 nitrogen and oxygen atoms in total. The first kappa shape index (κ1) is 13.5. The predicted molar refractivity (Wildman–Crippen MR) is 61.6 cm³/mol. The van der Waals surface area contributed by atoms with E-state index in [0.717, 1.165) is 0 Å². The van der Waals surface area contributed by atoms with E-state index in [4.69, 9.17) is 10.8 Å². The highest BCUT2D eigenvalue weighted by molar-refractivity contribution is 7.14. The van der Waals surface area contributed by atoms with E-state index in [1.807, 2.05) is 0 Å². The molecular weight excluding hydrogens is 245 g/mol. The number of carbonyl (C=O) groups excluding carboxylic acids is 1. The number of carboxylic acids is 1. The number of aromatic nitrogens is 3. The molecule has 2 unspecified atom stereocenters. The van der Waals surface area contributed by atoms with Gasteiger partial charge in [-0.25, -0.2) is 0 Å². The summed E-state index contributed by atoms with van der Waals surface area (Å²) in [6, 6.07) is -1.02. The molecule has 1 aromatic heterocycles. The number of nitrogens with zero attached hydrogens (tertiary/aromatic N) is 4. The number of carbonyl (C=O) groups is 2. The summed E-state index contributed by atoms with van der Waals surface area (Å²) in [5.74, 6) is -1.22. The monoisotopic (exact) mass is 259 g/mol. The number of aliphatic carboxylic acids is 1. The second kappa shape index (κ2) is 5.70.